The monoisotopic (exact) mass is 387 g/mol. The molecule has 0 spiro atoms. The minimum atomic E-state index is -0.995. The van der Waals surface area contributed by atoms with Crippen molar-refractivity contribution < 1.29 is 19.1 Å². The van der Waals surface area contributed by atoms with E-state index in [4.69, 9.17) is 4.74 Å². The Kier molecular flexibility index (Phi) is 5.91. The smallest absolute Gasteiger partial charge is 0.325 e. The van der Waals surface area contributed by atoms with Gasteiger partial charge in [0.25, 0.3) is 5.91 Å². The van der Waals surface area contributed by atoms with Gasteiger partial charge in [-0.3, -0.25) is 14.5 Å². The summed E-state index contributed by atoms with van der Waals surface area (Å²) in [5, 5.41) is 2.78. The first-order valence-electron chi connectivity index (χ1n) is 9.90. The van der Waals surface area contributed by atoms with Crippen LogP contribution in [0.1, 0.15) is 45.1 Å². The third-order valence-electron chi connectivity index (χ3n) is 5.83. The van der Waals surface area contributed by atoms with Crippen molar-refractivity contribution in [1.82, 2.24) is 15.1 Å². The van der Waals surface area contributed by atoms with Gasteiger partial charge in [-0.05, 0) is 63.6 Å². The highest BCUT2D eigenvalue weighted by Crippen LogP contribution is 2.25. The summed E-state index contributed by atoms with van der Waals surface area (Å²) >= 11 is 0. The van der Waals surface area contributed by atoms with E-state index in [1.807, 2.05) is 31.2 Å². The highest BCUT2D eigenvalue weighted by Gasteiger charge is 2.48. The van der Waals surface area contributed by atoms with Crippen molar-refractivity contribution in [2.24, 2.45) is 0 Å². The van der Waals surface area contributed by atoms with Crippen molar-refractivity contribution in [3.8, 4) is 5.75 Å². The Hall–Kier alpha value is -2.57. The summed E-state index contributed by atoms with van der Waals surface area (Å²) in [5.41, 5.74) is 0.0610. The van der Waals surface area contributed by atoms with E-state index in [9.17, 15) is 14.4 Å². The first kappa shape index (κ1) is 20.2. The summed E-state index contributed by atoms with van der Waals surface area (Å²) < 4.78 is 5.15. The van der Waals surface area contributed by atoms with E-state index in [1.54, 1.807) is 18.9 Å². The van der Waals surface area contributed by atoms with Gasteiger partial charge in [0, 0.05) is 12.6 Å². The zero-order valence-electron chi connectivity index (χ0n) is 16.9. The molecule has 2 atom stereocenters. The third-order valence-corrected chi connectivity index (χ3v) is 5.83. The number of hydrogen-bond acceptors (Lipinski definition) is 4. The largest absolute Gasteiger partial charge is 0.497 e. The number of ether oxygens (including phenoxy) is 1. The first-order chi connectivity index (χ1) is 13.3. The Bertz CT molecular complexity index is 749. The van der Waals surface area contributed by atoms with Crippen molar-refractivity contribution >= 4 is 17.8 Å². The Labute approximate surface area is 166 Å². The summed E-state index contributed by atoms with van der Waals surface area (Å²) in [5.74, 6) is 0.288. The lowest BCUT2D eigenvalue weighted by Gasteiger charge is -2.34. The molecule has 28 heavy (non-hydrogen) atoms. The lowest BCUT2D eigenvalue weighted by atomic mass is 9.93. The number of amides is 4. The minimum Gasteiger partial charge on any atom is -0.497 e. The molecule has 1 aromatic rings. The van der Waals surface area contributed by atoms with Gasteiger partial charge in [0.15, 0.2) is 0 Å². The predicted octanol–water partition coefficient (Wildman–Crippen LogP) is 2.34. The van der Waals surface area contributed by atoms with Crippen LogP contribution in [0.5, 0.6) is 5.75 Å². The Balaban J connectivity index is 1.61. The number of piperidine rings is 1. The van der Waals surface area contributed by atoms with Gasteiger partial charge >= 0.3 is 6.03 Å². The van der Waals surface area contributed by atoms with E-state index in [-0.39, 0.29) is 24.4 Å². The van der Waals surface area contributed by atoms with Crippen molar-refractivity contribution in [3.05, 3.63) is 29.8 Å². The van der Waals surface area contributed by atoms with Crippen LogP contribution in [0.2, 0.25) is 0 Å². The van der Waals surface area contributed by atoms with E-state index in [0.717, 1.165) is 35.5 Å². The van der Waals surface area contributed by atoms with Gasteiger partial charge < -0.3 is 15.0 Å². The number of nitrogens with one attached hydrogen (secondary N) is 1. The van der Waals surface area contributed by atoms with E-state index in [1.165, 1.54) is 0 Å². The molecule has 2 saturated heterocycles. The number of urea groups is 1. The number of carbonyl (C=O) groups is 3. The molecule has 2 fully saturated rings. The van der Waals surface area contributed by atoms with Gasteiger partial charge in [-0.25, -0.2) is 4.79 Å². The molecular formula is C21H29N3O4. The van der Waals surface area contributed by atoms with Gasteiger partial charge in [-0.1, -0.05) is 12.1 Å². The van der Waals surface area contributed by atoms with Crippen LogP contribution in [0.25, 0.3) is 0 Å². The van der Waals surface area contributed by atoms with Gasteiger partial charge in [-0.15, -0.1) is 0 Å². The number of likely N-dealkylation sites (tertiary alicyclic amines) is 1. The molecule has 3 rings (SSSR count). The van der Waals surface area contributed by atoms with Gasteiger partial charge in [0.2, 0.25) is 5.91 Å². The maximum atomic E-state index is 12.9. The Morgan fingerprint density at radius 3 is 2.61 bits per heavy atom. The number of rotatable bonds is 6. The molecule has 1 N–H and O–H groups in total. The SMILES string of the molecule is COc1ccc(CCC2(C)NC(=O)N(CC(=O)N3CCCCC3C)C2=O)cc1. The Morgan fingerprint density at radius 2 is 1.96 bits per heavy atom. The number of nitrogens with zero attached hydrogens (tertiary/aromatic N) is 2. The summed E-state index contributed by atoms with van der Waals surface area (Å²) in [7, 11) is 1.61. The van der Waals surface area contributed by atoms with Gasteiger partial charge in [0.1, 0.15) is 17.8 Å². The highest BCUT2D eigenvalue weighted by atomic mass is 16.5. The van der Waals surface area contributed by atoms with Crippen LogP contribution in [0.15, 0.2) is 24.3 Å². The van der Waals surface area contributed by atoms with Gasteiger partial charge in [0.05, 0.1) is 7.11 Å². The standard InChI is InChI=1S/C21H29N3O4/c1-15-6-4-5-13-23(15)18(25)14-24-19(26)21(2,22-20(24)27)12-11-16-7-9-17(28-3)10-8-16/h7-10,15H,4-6,11-14H2,1-3H3,(H,22,27). The lowest BCUT2D eigenvalue weighted by molar-refractivity contribution is -0.140. The van der Waals surface area contributed by atoms with Crippen LogP contribution in [-0.4, -0.2) is 59.4 Å². The molecule has 0 radical (unpaired) electrons. The number of carbonyl (C=O) groups excluding carboxylic acids is 3. The van der Waals surface area contributed by atoms with Crippen LogP contribution in [0, 0.1) is 0 Å². The van der Waals surface area contributed by atoms with Crippen molar-refractivity contribution in [3.63, 3.8) is 0 Å². The van der Waals surface area contributed by atoms with Crippen LogP contribution < -0.4 is 10.1 Å². The fourth-order valence-corrected chi connectivity index (χ4v) is 3.94. The molecule has 2 aliphatic rings. The number of hydrogen-bond donors (Lipinski definition) is 1. The number of imide groups is 1. The molecule has 2 unspecified atom stereocenters. The van der Waals surface area contributed by atoms with Crippen molar-refractivity contribution in [1.29, 1.82) is 0 Å². The van der Waals surface area contributed by atoms with Crippen LogP contribution in [0.4, 0.5) is 4.79 Å². The third kappa shape index (κ3) is 4.13. The average molecular weight is 387 g/mol. The first-order valence-corrected chi connectivity index (χ1v) is 9.90. The normalized spacial score (nSPS) is 25.0. The second-order valence-electron chi connectivity index (χ2n) is 7.93. The molecule has 152 valence electrons. The lowest BCUT2D eigenvalue weighted by Crippen LogP contribution is -2.49. The molecule has 7 heteroatoms. The molecule has 0 aliphatic carbocycles. The summed E-state index contributed by atoms with van der Waals surface area (Å²) in [6, 6.07) is 7.31. The van der Waals surface area contributed by atoms with Crippen LogP contribution >= 0.6 is 0 Å². The number of aryl methyl sites for hydroxylation is 1. The second kappa shape index (κ2) is 8.20. The maximum absolute atomic E-state index is 12.9. The van der Waals surface area contributed by atoms with E-state index in [0.29, 0.717) is 19.4 Å². The molecule has 2 aliphatic heterocycles. The fourth-order valence-electron chi connectivity index (χ4n) is 3.94. The molecule has 4 amide bonds. The maximum Gasteiger partial charge on any atom is 0.325 e. The quantitative estimate of drug-likeness (QED) is 0.760. The van der Waals surface area contributed by atoms with Crippen LogP contribution in [0.3, 0.4) is 0 Å². The Morgan fingerprint density at radius 1 is 1.25 bits per heavy atom. The number of benzene rings is 1. The highest BCUT2D eigenvalue weighted by molar-refractivity contribution is 6.08. The molecule has 7 nitrogen and oxygen atoms in total. The van der Waals surface area contributed by atoms with Crippen molar-refractivity contribution in [2.45, 2.75) is 57.5 Å². The average Bonchev–Trinajstić information content (AvgIpc) is 2.90. The second-order valence-corrected chi connectivity index (χ2v) is 7.93. The van der Waals surface area contributed by atoms with Crippen LogP contribution in [-0.2, 0) is 16.0 Å². The van der Waals surface area contributed by atoms with Crippen molar-refractivity contribution in [2.75, 3.05) is 20.2 Å². The minimum absolute atomic E-state index is 0.156. The molecule has 0 saturated carbocycles. The summed E-state index contributed by atoms with van der Waals surface area (Å²) in [4.78, 5) is 40.8. The summed E-state index contributed by atoms with van der Waals surface area (Å²) in [6.07, 6.45) is 4.14. The summed E-state index contributed by atoms with van der Waals surface area (Å²) in [6.45, 7) is 4.25. The van der Waals surface area contributed by atoms with Gasteiger partial charge in [-0.2, -0.15) is 0 Å². The topological polar surface area (TPSA) is 79.0 Å². The predicted molar refractivity (Wildman–Crippen MR) is 105 cm³/mol. The zero-order valence-corrected chi connectivity index (χ0v) is 16.9. The van der Waals surface area contributed by atoms with E-state index in [2.05, 4.69) is 5.32 Å². The molecule has 2 heterocycles. The zero-order chi connectivity index (χ0) is 20.3. The molecule has 1 aromatic carbocycles. The van der Waals surface area contributed by atoms with E-state index >= 15 is 0 Å². The number of methoxy groups -OCH3 is 1. The van der Waals surface area contributed by atoms with E-state index < -0.39 is 11.6 Å². The molecule has 0 bridgehead atoms. The molecular weight excluding hydrogens is 358 g/mol. The molecule has 0 aromatic heterocycles. The fraction of sp³-hybridized carbons (Fsp3) is 0.571.